The van der Waals surface area contributed by atoms with E-state index in [0.717, 1.165) is 24.8 Å². The minimum atomic E-state index is 0. The van der Waals surface area contributed by atoms with Gasteiger partial charge in [-0.05, 0) is 37.5 Å². The monoisotopic (exact) mass is 174 g/mol. The van der Waals surface area contributed by atoms with Gasteiger partial charge in [0.05, 0.1) is 0 Å². The second-order valence-corrected chi connectivity index (χ2v) is 5.01. The molecule has 0 spiro atoms. The summed E-state index contributed by atoms with van der Waals surface area (Å²) in [5, 5.41) is 11.2. The molecule has 0 aliphatic heterocycles. The van der Waals surface area contributed by atoms with Gasteiger partial charge in [0, 0.05) is 0 Å². The van der Waals surface area contributed by atoms with E-state index in [9.17, 15) is 5.11 Å². The van der Waals surface area contributed by atoms with Crippen LogP contribution in [0.5, 0.6) is 0 Å². The second-order valence-electron chi connectivity index (χ2n) is 5.01. The average molecular weight is 174 g/mol. The summed E-state index contributed by atoms with van der Waals surface area (Å²) in [7, 11) is 0. The molecule has 70 valence electrons. The Balaban J connectivity index is 0.00000144. The summed E-state index contributed by atoms with van der Waals surface area (Å²) in [6.07, 6.45) is 2.87. The minimum absolute atomic E-state index is 0. The van der Waals surface area contributed by atoms with Crippen molar-refractivity contribution >= 4 is 0 Å². The van der Waals surface area contributed by atoms with E-state index in [1.54, 1.807) is 0 Å². The third-order valence-corrected chi connectivity index (χ3v) is 2.97. The molecule has 1 aliphatic rings. The second kappa shape index (κ2) is 4.58. The topological polar surface area (TPSA) is 23.1 Å². The van der Waals surface area contributed by atoms with Gasteiger partial charge in [0.15, 0.2) is 0 Å². The maximum absolute atomic E-state index is 11.2. The third kappa shape index (κ3) is 3.41. The Morgan fingerprint density at radius 1 is 1.31 bits per heavy atom. The SMILES string of the molecule is CC1=C([O-])CC[C@H](C(C)(C)C)C1.[Li+]. The molecule has 0 radical (unpaired) electrons. The first-order chi connectivity index (χ1) is 5.41. The summed E-state index contributed by atoms with van der Waals surface area (Å²) in [5.41, 5.74) is 1.45. The zero-order valence-corrected chi connectivity index (χ0v) is 9.61. The van der Waals surface area contributed by atoms with Gasteiger partial charge in [0.1, 0.15) is 0 Å². The molecule has 0 aromatic heterocycles. The molecule has 0 saturated heterocycles. The number of rotatable bonds is 0. The van der Waals surface area contributed by atoms with Crippen molar-refractivity contribution in [2.24, 2.45) is 11.3 Å². The first-order valence-electron chi connectivity index (χ1n) is 4.77. The fourth-order valence-electron chi connectivity index (χ4n) is 1.84. The smallest absolute Gasteiger partial charge is 0.875 e. The Kier molecular flexibility index (Phi) is 4.62. The van der Waals surface area contributed by atoms with Gasteiger partial charge in [-0.25, -0.2) is 0 Å². The van der Waals surface area contributed by atoms with Crippen LogP contribution in [0.1, 0.15) is 47.0 Å². The molecule has 0 fully saturated rings. The summed E-state index contributed by atoms with van der Waals surface area (Å²) in [6, 6.07) is 0. The predicted molar refractivity (Wildman–Crippen MR) is 49.5 cm³/mol. The van der Waals surface area contributed by atoms with Crippen LogP contribution in [0.3, 0.4) is 0 Å². The van der Waals surface area contributed by atoms with Gasteiger partial charge in [0.25, 0.3) is 0 Å². The van der Waals surface area contributed by atoms with Gasteiger partial charge in [-0.3, -0.25) is 0 Å². The Morgan fingerprint density at radius 3 is 2.23 bits per heavy atom. The molecule has 0 bridgehead atoms. The summed E-state index contributed by atoms with van der Waals surface area (Å²) in [4.78, 5) is 0. The molecule has 1 atom stereocenters. The van der Waals surface area contributed by atoms with E-state index in [1.165, 1.54) is 0 Å². The van der Waals surface area contributed by atoms with E-state index in [1.807, 2.05) is 6.92 Å². The first-order valence-corrected chi connectivity index (χ1v) is 4.77. The Morgan fingerprint density at radius 2 is 1.85 bits per heavy atom. The van der Waals surface area contributed by atoms with Gasteiger partial charge in [-0.1, -0.05) is 26.3 Å². The van der Waals surface area contributed by atoms with Crippen molar-refractivity contribution in [2.75, 3.05) is 0 Å². The molecule has 0 unspecified atom stereocenters. The van der Waals surface area contributed by atoms with Crippen LogP contribution in [0, 0.1) is 11.3 Å². The fourth-order valence-corrected chi connectivity index (χ4v) is 1.84. The van der Waals surface area contributed by atoms with Crippen molar-refractivity contribution in [2.45, 2.75) is 47.0 Å². The maximum atomic E-state index is 11.2. The summed E-state index contributed by atoms with van der Waals surface area (Å²) < 4.78 is 0. The molecule has 0 saturated carbocycles. The number of allylic oxidation sites excluding steroid dienone is 2. The normalized spacial score (nSPS) is 24.2. The summed E-state index contributed by atoms with van der Waals surface area (Å²) in [5.74, 6) is 1.09. The van der Waals surface area contributed by atoms with Crippen LogP contribution in [0.15, 0.2) is 11.3 Å². The van der Waals surface area contributed by atoms with Crippen LogP contribution in [-0.4, -0.2) is 0 Å². The zero-order chi connectivity index (χ0) is 9.35. The van der Waals surface area contributed by atoms with Crippen molar-refractivity contribution < 1.29 is 24.0 Å². The Labute approximate surface area is 93.8 Å². The van der Waals surface area contributed by atoms with Gasteiger partial charge < -0.3 is 5.11 Å². The molecule has 2 heteroatoms. The van der Waals surface area contributed by atoms with Crippen LogP contribution >= 0.6 is 0 Å². The molecule has 1 nitrogen and oxygen atoms in total. The maximum Gasteiger partial charge on any atom is 1.00 e. The zero-order valence-electron chi connectivity index (χ0n) is 9.61. The van der Waals surface area contributed by atoms with Crippen molar-refractivity contribution in [1.82, 2.24) is 0 Å². The fraction of sp³-hybridized carbons (Fsp3) is 0.818. The van der Waals surface area contributed by atoms with Crippen molar-refractivity contribution in [3.05, 3.63) is 11.3 Å². The molecule has 0 heterocycles. The summed E-state index contributed by atoms with van der Waals surface area (Å²) in [6.45, 7) is 8.78. The Bertz CT molecular complexity index is 201. The van der Waals surface area contributed by atoms with Gasteiger partial charge in [-0.2, -0.15) is 0 Å². The van der Waals surface area contributed by atoms with Gasteiger partial charge in [-0.15, -0.1) is 5.76 Å². The average Bonchev–Trinajstić information content (AvgIpc) is 1.92. The van der Waals surface area contributed by atoms with E-state index in [4.69, 9.17) is 0 Å². The minimum Gasteiger partial charge on any atom is -0.875 e. The molecule has 0 N–H and O–H groups in total. The van der Waals surface area contributed by atoms with E-state index in [0.29, 0.717) is 17.1 Å². The van der Waals surface area contributed by atoms with E-state index in [2.05, 4.69) is 20.8 Å². The van der Waals surface area contributed by atoms with Crippen LogP contribution < -0.4 is 24.0 Å². The van der Waals surface area contributed by atoms with Crippen molar-refractivity contribution in [1.29, 1.82) is 0 Å². The first kappa shape index (κ1) is 13.1. The van der Waals surface area contributed by atoms with Crippen molar-refractivity contribution in [3.8, 4) is 0 Å². The van der Waals surface area contributed by atoms with Gasteiger partial charge >= 0.3 is 18.9 Å². The summed E-state index contributed by atoms with van der Waals surface area (Å²) >= 11 is 0. The molecule has 0 aromatic rings. The molecule has 0 aromatic carbocycles. The molecule has 13 heavy (non-hydrogen) atoms. The number of hydrogen-bond acceptors (Lipinski definition) is 1. The van der Waals surface area contributed by atoms with Crippen LogP contribution in [0.25, 0.3) is 0 Å². The van der Waals surface area contributed by atoms with Crippen LogP contribution in [0.2, 0.25) is 0 Å². The van der Waals surface area contributed by atoms with E-state index in [-0.39, 0.29) is 18.9 Å². The molecular weight excluding hydrogens is 155 g/mol. The van der Waals surface area contributed by atoms with Gasteiger partial charge in [0.2, 0.25) is 0 Å². The standard InChI is InChI=1S/C11H20O.Li/c1-8-7-9(11(2,3)4)5-6-10(8)12;/h9,12H,5-7H2,1-4H3;/q;+1/p-1/t9-;/m0./s1. The molecular formula is C11H19LiO. The molecule has 1 rings (SSSR count). The quantitative estimate of drug-likeness (QED) is 0.453. The predicted octanol–water partition coefficient (Wildman–Crippen LogP) is -0.529. The third-order valence-electron chi connectivity index (χ3n) is 2.97. The molecule has 1 aliphatic carbocycles. The Hall–Kier alpha value is 0.137. The van der Waals surface area contributed by atoms with Crippen molar-refractivity contribution in [3.63, 3.8) is 0 Å². The van der Waals surface area contributed by atoms with E-state index < -0.39 is 0 Å². The molecule has 0 amide bonds. The van der Waals surface area contributed by atoms with E-state index >= 15 is 0 Å². The van der Waals surface area contributed by atoms with Crippen LogP contribution in [0.4, 0.5) is 0 Å². The largest absolute Gasteiger partial charge is 1.00 e. The van der Waals surface area contributed by atoms with Crippen LogP contribution in [-0.2, 0) is 0 Å². The number of hydrogen-bond donors (Lipinski definition) is 0.